The van der Waals surface area contributed by atoms with Gasteiger partial charge in [-0.2, -0.15) is 4.31 Å². The van der Waals surface area contributed by atoms with Crippen LogP contribution in [-0.2, 0) is 21.0 Å². The molecule has 1 aliphatic rings. The molecule has 0 aliphatic carbocycles. The maximum absolute atomic E-state index is 11.5. The lowest BCUT2D eigenvalue weighted by molar-refractivity contribution is -0.140. The molecule has 1 heterocycles. The predicted octanol–water partition coefficient (Wildman–Crippen LogP) is 0.157. The maximum atomic E-state index is 11.5. The number of halogens is 1. The largest absolute Gasteiger partial charge is 0.632 e. The third-order valence-electron chi connectivity index (χ3n) is 1.65. The second-order valence-corrected chi connectivity index (χ2v) is 6.05. The lowest BCUT2D eigenvalue weighted by Crippen LogP contribution is -2.45. The van der Waals surface area contributed by atoms with E-state index in [0.717, 1.165) is 4.31 Å². The molecule has 13 heavy (non-hydrogen) atoms. The molecule has 0 aromatic heterocycles. The molecule has 0 N–H and O–H groups in total. The normalized spacial score (nSPS) is 30.1. The number of hydrogen-bond acceptors (Lipinski definition) is 3. The van der Waals surface area contributed by atoms with Gasteiger partial charge in [-0.15, -0.1) is 0 Å². The highest BCUT2D eigenvalue weighted by Gasteiger charge is 2.51. The highest BCUT2D eigenvalue weighted by atomic mass is 35.5. The van der Waals surface area contributed by atoms with E-state index in [0.29, 0.717) is 0 Å². The van der Waals surface area contributed by atoms with Crippen LogP contribution in [0.2, 0.25) is 0 Å². The van der Waals surface area contributed by atoms with E-state index in [1.807, 2.05) is 0 Å². The van der Waals surface area contributed by atoms with Crippen LogP contribution in [0.3, 0.4) is 0 Å². The quantitative estimate of drug-likeness (QED) is 0.255. The summed E-state index contributed by atoms with van der Waals surface area (Å²) in [5.41, 5.74) is -0.621. The average Bonchev–Trinajstić information content (AvgIpc) is 2.14. The van der Waals surface area contributed by atoms with Crippen LogP contribution in [0.1, 0.15) is 20.8 Å². The molecule has 0 spiro atoms. The van der Waals surface area contributed by atoms with Crippen LogP contribution < -0.4 is 0 Å². The summed E-state index contributed by atoms with van der Waals surface area (Å²) in [6, 6.07) is 0. The topological polar surface area (TPSA) is 60.4 Å². The number of hydrogen-bond donors (Lipinski definition) is 0. The van der Waals surface area contributed by atoms with Gasteiger partial charge in [-0.3, -0.25) is 9.59 Å². The first-order valence-corrected chi connectivity index (χ1v) is 5.47. The molecule has 0 aromatic carbocycles. The Balaban J connectivity index is 3.01. The Kier molecular flexibility index (Phi) is 2.62. The number of rotatable bonds is 0. The minimum absolute atomic E-state index is 0.621. The molecular formula is C7H11ClNO3S. The van der Waals surface area contributed by atoms with Crippen LogP contribution in [0, 0.1) is 0 Å². The van der Waals surface area contributed by atoms with Gasteiger partial charge in [0.25, 0.3) is 5.78 Å². The van der Waals surface area contributed by atoms with Crippen molar-refractivity contribution >= 4 is 34.7 Å². The summed E-state index contributed by atoms with van der Waals surface area (Å²) in [5, 5.41) is 0. The number of carbonyl (C=O) groups is 2. The number of carbonyl (C=O) groups excluding carboxylic acids is 2. The van der Waals surface area contributed by atoms with Crippen molar-refractivity contribution in [2.75, 3.05) is 0 Å². The number of ketones is 1. The number of Topliss-reactive ketones (excluding diaryl/α,β-unsaturated/α-hetero) is 1. The van der Waals surface area contributed by atoms with Crippen molar-refractivity contribution in [3.8, 4) is 0 Å². The predicted molar refractivity (Wildman–Crippen MR) is 50.8 cm³/mol. The van der Waals surface area contributed by atoms with E-state index in [1.54, 1.807) is 20.8 Å². The molecular weight excluding hydrogens is 214 g/mol. The van der Waals surface area contributed by atoms with Crippen LogP contribution >= 0.6 is 11.6 Å². The van der Waals surface area contributed by atoms with Crippen LogP contribution in [0.4, 0.5) is 0 Å². The third kappa shape index (κ3) is 1.68. The van der Waals surface area contributed by atoms with Crippen molar-refractivity contribution < 1.29 is 14.1 Å². The van der Waals surface area contributed by atoms with Crippen LogP contribution in [-0.4, -0.2) is 30.8 Å². The van der Waals surface area contributed by atoms with Gasteiger partial charge in [-0.25, -0.2) is 0 Å². The molecule has 1 amide bonds. The molecule has 1 fully saturated rings. The average molecular weight is 225 g/mol. The summed E-state index contributed by atoms with van der Waals surface area (Å²) in [4.78, 5) is 22.3. The lowest BCUT2D eigenvalue weighted by Gasteiger charge is -2.34. The fraction of sp³-hybridized carbons (Fsp3) is 0.714. The Bertz CT molecular complexity index is 263. The Morgan fingerprint density at radius 3 is 2.08 bits per heavy atom. The van der Waals surface area contributed by atoms with Crippen molar-refractivity contribution in [3.63, 3.8) is 0 Å². The first-order valence-electron chi connectivity index (χ1n) is 3.75. The molecule has 2 atom stereocenters. The van der Waals surface area contributed by atoms with Crippen LogP contribution in [0.15, 0.2) is 0 Å². The Morgan fingerprint density at radius 1 is 1.46 bits per heavy atom. The van der Waals surface area contributed by atoms with Crippen molar-refractivity contribution in [1.82, 2.24) is 4.31 Å². The fourth-order valence-electron chi connectivity index (χ4n) is 1.10. The molecule has 0 bridgehead atoms. The Morgan fingerprint density at radius 2 is 1.92 bits per heavy atom. The number of amides is 1. The molecule has 2 unspecified atom stereocenters. The zero-order valence-electron chi connectivity index (χ0n) is 7.57. The third-order valence-corrected chi connectivity index (χ3v) is 4.14. The maximum Gasteiger partial charge on any atom is 0.334 e. The van der Waals surface area contributed by atoms with Gasteiger partial charge in [0, 0.05) is 0 Å². The van der Waals surface area contributed by atoms with Gasteiger partial charge in [-0.05, 0) is 20.8 Å². The van der Waals surface area contributed by atoms with E-state index in [-0.39, 0.29) is 0 Å². The minimum atomic E-state index is -2.11. The number of nitrogens with zero attached hydrogens (tertiary/aromatic N) is 1. The first kappa shape index (κ1) is 10.8. The van der Waals surface area contributed by atoms with Gasteiger partial charge in [0.05, 0.1) is 5.54 Å². The van der Waals surface area contributed by atoms with E-state index in [2.05, 4.69) is 0 Å². The van der Waals surface area contributed by atoms with E-state index >= 15 is 0 Å². The highest BCUT2D eigenvalue weighted by molar-refractivity contribution is 7.93. The fourth-order valence-corrected chi connectivity index (χ4v) is 2.84. The summed E-state index contributed by atoms with van der Waals surface area (Å²) in [5.74, 6) is -1.51. The summed E-state index contributed by atoms with van der Waals surface area (Å²) in [6.45, 7) is 5.13. The van der Waals surface area contributed by atoms with E-state index in [9.17, 15) is 14.1 Å². The monoisotopic (exact) mass is 224 g/mol. The molecule has 6 heteroatoms. The SMILES string of the molecule is CC(C)(C)N1C(=O)C(=O)C(Cl)[SH+]1[O-]. The second-order valence-electron chi connectivity index (χ2n) is 3.79. The zero-order valence-corrected chi connectivity index (χ0v) is 9.22. The van der Waals surface area contributed by atoms with E-state index in [1.165, 1.54) is 0 Å². The second kappa shape index (κ2) is 3.15. The Hall–Kier alpha value is -0.260. The lowest BCUT2D eigenvalue weighted by atomic mass is 10.1. The van der Waals surface area contributed by atoms with Crippen molar-refractivity contribution in [2.45, 2.75) is 31.0 Å². The van der Waals surface area contributed by atoms with Gasteiger partial charge in [0.1, 0.15) is 0 Å². The van der Waals surface area contributed by atoms with Gasteiger partial charge < -0.3 is 4.55 Å². The molecule has 1 rings (SSSR count). The van der Waals surface area contributed by atoms with Crippen molar-refractivity contribution in [1.29, 1.82) is 0 Å². The van der Waals surface area contributed by atoms with Crippen LogP contribution in [0.25, 0.3) is 0 Å². The first-order chi connectivity index (χ1) is 5.76. The summed E-state index contributed by atoms with van der Waals surface area (Å²) >= 11 is 3.41. The smallest absolute Gasteiger partial charge is 0.334 e. The van der Waals surface area contributed by atoms with E-state index < -0.39 is 33.3 Å². The summed E-state index contributed by atoms with van der Waals surface area (Å²) < 4.78 is 11.4. The molecule has 0 aromatic rings. The van der Waals surface area contributed by atoms with E-state index in [4.69, 9.17) is 11.6 Å². The van der Waals surface area contributed by atoms with Gasteiger partial charge in [-0.1, -0.05) is 23.0 Å². The molecule has 1 aliphatic heterocycles. The Labute approximate surface area is 84.5 Å². The van der Waals surface area contributed by atoms with Crippen LogP contribution in [0.5, 0.6) is 0 Å². The number of alkyl halides is 1. The summed E-state index contributed by atoms with van der Waals surface area (Å²) in [7, 11) is 0. The van der Waals surface area contributed by atoms with Gasteiger partial charge in [0.15, 0.2) is 0 Å². The van der Waals surface area contributed by atoms with Gasteiger partial charge in [0.2, 0.25) is 4.71 Å². The number of thiol groups is 1. The molecule has 4 nitrogen and oxygen atoms in total. The van der Waals surface area contributed by atoms with Gasteiger partial charge >= 0.3 is 5.91 Å². The highest BCUT2D eigenvalue weighted by Crippen LogP contribution is 2.30. The van der Waals surface area contributed by atoms with Crippen molar-refractivity contribution in [2.24, 2.45) is 0 Å². The minimum Gasteiger partial charge on any atom is -0.632 e. The molecule has 1 radical (unpaired) electrons. The summed E-state index contributed by atoms with van der Waals surface area (Å²) in [6.07, 6.45) is 0. The van der Waals surface area contributed by atoms with Crippen molar-refractivity contribution in [3.05, 3.63) is 0 Å². The molecule has 1 saturated heterocycles. The zero-order chi connectivity index (χ0) is 10.4. The molecule has 75 valence electrons. The standard InChI is InChI=1S/C7H11ClNO3S/c1-7(2,3)9-6(11)4(10)5(8)13(9)12/h5,13H,1-3H3. The molecule has 0 saturated carbocycles.